The molecule has 1 unspecified atom stereocenters. The maximum atomic E-state index is 13.9. The van der Waals surface area contributed by atoms with Crippen molar-refractivity contribution < 1.29 is 18.7 Å². The Bertz CT molecular complexity index is 1300. The highest BCUT2D eigenvalue weighted by molar-refractivity contribution is 6.31. The van der Waals surface area contributed by atoms with E-state index >= 15 is 0 Å². The summed E-state index contributed by atoms with van der Waals surface area (Å²) in [6, 6.07) is 8.64. The van der Waals surface area contributed by atoms with Crippen LogP contribution in [0.25, 0.3) is 0 Å². The SMILES string of the molecule is C#CCCCCC(=O)N1CCN(CC2=C(C(=O)OC)C(c3ccc(F)cc3Cl)N=C(c3ccccn3)N2)CC1. The van der Waals surface area contributed by atoms with Crippen molar-refractivity contribution in [3.63, 3.8) is 0 Å². The third-order valence-corrected chi connectivity index (χ3v) is 7.09. The molecular formula is C29H31ClFN5O3. The van der Waals surface area contributed by atoms with E-state index in [1.165, 1.54) is 25.3 Å². The molecule has 2 aliphatic heterocycles. The number of rotatable bonds is 9. The second-order valence-corrected chi connectivity index (χ2v) is 9.75. The topological polar surface area (TPSA) is 87.1 Å². The Hall–Kier alpha value is -3.74. The van der Waals surface area contributed by atoms with Gasteiger partial charge in [-0.05, 0) is 37.1 Å². The lowest BCUT2D eigenvalue weighted by Crippen LogP contribution is -2.50. The molecule has 0 radical (unpaired) electrons. The number of aliphatic imine (C=N–C) groups is 1. The monoisotopic (exact) mass is 551 g/mol. The van der Waals surface area contributed by atoms with E-state index in [-0.39, 0.29) is 16.5 Å². The van der Waals surface area contributed by atoms with Gasteiger partial charge in [0.25, 0.3) is 0 Å². The maximum Gasteiger partial charge on any atom is 0.338 e. The number of unbranched alkanes of at least 4 members (excludes halogenated alkanes) is 2. The van der Waals surface area contributed by atoms with E-state index in [0.29, 0.717) is 68.4 Å². The Labute approximate surface area is 232 Å². The van der Waals surface area contributed by atoms with Crippen molar-refractivity contribution in [2.45, 2.75) is 31.7 Å². The van der Waals surface area contributed by atoms with Crippen molar-refractivity contribution in [1.82, 2.24) is 20.1 Å². The van der Waals surface area contributed by atoms with Gasteiger partial charge in [0.1, 0.15) is 17.6 Å². The molecule has 1 fully saturated rings. The first kappa shape index (κ1) is 28.3. The van der Waals surface area contributed by atoms with Crippen LogP contribution in [0.4, 0.5) is 4.39 Å². The van der Waals surface area contributed by atoms with Gasteiger partial charge in [-0.25, -0.2) is 9.18 Å². The van der Waals surface area contributed by atoms with Crippen molar-refractivity contribution in [2.75, 3.05) is 39.8 Å². The highest BCUT2D eigenvalue weighted by Crippen LogP contribution is 2.36. The van der Waals surface area contributed by atoms with E-state index in [1.807, 2.05) is 17.0 Å². The first-order chi connectivity index (χ1) is 18.9. The summed E-state index contributed by atoms with van der Waals surface area (Å²) >= 11 is 6.43. The molecule has 2 aromatic rings. The van der Waals surface area contributed by atoms with Gasteiger partial charge in [-0.2, -0.15) is 0 Å². The van der Waals surface area contributed by atoms with Crippen LogP contribution in [0.3, 0.4) is 0 Å². The summed E-state index contributed by atoms with van der Waals surface area (Å²) in [4.78, 5) is 38.9. The standard InChI is InChI=1S/C29H31ClFN5O3/c1-3-4-5-6-10-25(37)36-16-14-35(15-17-36)19-24-26(29(38)39-2)27(21-12-11-20(31)18-22(21)30)34-28(33-24)23-9-7-8-13-32-23/h1,7-9,11-13,18,27H,4-6,10,14-17,19H2,2H3,(H,33,34). The van der Waals surface area contributed by atoms with Gasteiger partial charge in [-0.15, -0.1) is 12.3 Å². The fraction of sp³-hybridized carbons (Fsp3) is 0.379. The van der Waals surface area contributed by atoms with E-state index in [2.05, 4.69) is 21.1 Å². The number of carbonyl (C=O) groups excluding carboxylic acids is 2. The molecule has 3 heterocycles. The number of amidine groups is 1. The normalized spacial score (nSPS) is 17.7. The summed E-state index contributed by atoms with van der Waals surface area (Å²) in [6.07, 6.45) is 9.75. The van der Waals surface area contributed by atoms with Gasteiger partial charge in [-0.1, -0.05) is 23.7 Å². The smallest absolute Gasteiger partial charge is 0.338 e. The molecule has 0 spiro atoms. The van der Waals surface area contributed by atoms with E-state index in [1.54, 1.807) is 12.3 Å². The number of nitrogens with zero attached hydrogens (tertiary/aromatic N) is 4. The molecule has 1 atom stereocenters. The maximum absolute atomic E-state index is 13.9. The third kappa shape index (κ3) is 7.02. The predicted octanol–water partition coefficient (Wildman–Crippen LogP) is 3.73. The second kappa shape index (κ2) is 13.4. The number of terminal acetylenes is 1. The number of benzene rings is 1. The van der Waals surface area contributed by atoms with Crippen LogP contribution in [0.1, 0.15) is 43.0 Å². The van der Waals surface area contributed by atoms with Crippen LogP contribution in [0.5, 0.6) is 0 Å². The molecule has 204 valence electrons. The fourth-order valence-electron chi connectivity index (χ4n) is 4.69. The van der Waals surface area contributed by atoms with E-state index in [0.717, 1.165) is 12.8 Å². The zero-order valence-electron chi connectivity index (χ0n) is 21.8. The minimum atomic E-state index is -0.829. The molecular weight excluding hydrogens is 521 g/mol. The van der Waals surface area contributed by atoms with Gasteiger partial charge in [0, 0.05) is 68.0 Å². The Morgan fingerprint density at radius 3 is 2.67 bits per heavy atom. The number of nitrogens with one attached hydrogen (secondary N) is 1. The van der Waals surface area contributed by atoms with Crippen molar-refractivity contribution in [3.8, 4) is 12.3 Å². The molecule has 39 heavy (non-hydrogen) atoms. The van der Waals surface area contributed by atoms with Gasteiger partial charge < -0.3 is 15.0 Å². The van der Waals surface area contributed by atoms with Crippen LogP contribution in [0, 0.1) is 18.2 Å². The Balaban J connectivity index is 1.58. The number of piperazine rings is 1. The second-order valence-electron chi connectivity index (χ2n) is 9.34. The first-order valence-corrected chi connectivity index (χ1v) is 13.2. The van der Waals surface area contributed by atoms with Gasteiger partial charge in [0.05, 0.1) is 12.7 Å². The van der Waals surface area contributed by atoms with Gasteiger partial charge in [-0.3, -0.25) is 19.7 Å². The molecule has 1 amide bonds. The molecule has 1 N–H and O–H groups in total. The van der Waals surface area contributed by atoms with Gasteiger partial charge >= 0.3 is 5.97 Å². The molecule has 1 aromatic carbocycles. The molecule has 0 aliphatic carbocycles. The van der Waals surface area contributed by atoms with Gasteiger partial charge in [0.2, 0.25) is 5.91 Å². The lowest BCUT2D eigenvalue weighted by atomic mass is 9.94. The van der Waals surface area contributed by atoms with Gasteiger partial charge in [0.15, 0.2) is 5.84 Å². The minimum absolute atomic E-state index is 0.132. The number of ether oxygens (including phenoxy) is 1. The number of hydrogen-bond acceptors (Lipinski definition) is 7. The molecule has 8 nitrogen and oxygen atoms in total. The molecule has 1 saturated heterocycles. The molecule has 1 aromatic heterocycles. The molecule has 10 heteroatoms. The Kier molecular flexibility index (Phi) is 9.69. The first-order valence-electron chi connectivity index (χ1n) is 12.9. The summed E-state index contributed by atoms with van der Waals surface area (Å²) < 4.78 is 19.0. The third-order valence-electron chi connectivity index (χ3n) is 6.76. The number of pyridine rings is 1. The number of hydrogen-bond donors (Lipinski definition) is 1. The van der Waals surface area contributed by atoms with Crippen molar-refractivity contribution in [3.05, 3.63) is 76.0 Å². The molecule has 0 saturated carbocycles. The zero-order chi connectivity index (χ0) is 27.8. The quantitative estimate of drug-likeness (QED) is 0.290. The van der Waals surface area contributed by atoms with Crippen molar-refractivity contribution in [2.24, 2.45) is 4.99 Å². The number of aromatic nitrogens is 1. The summed E-state index contributed by atoms with van der Waals surface area (Å²) in [7, 11) is 1.31. The van der Waals surface area contributed by atoms with Crippen LogP contribution in [0.2, 0.25) is 5.02 Å². The van der Waals surface area contributed by atoms with Crippen molar-refractivity contribution in [1.29, 1.82) is 0 Å². The van der Waals surface area contributed by atoms with E-state index in [4.69, 9.17) is 27.8 Å². The zero-order valence-corrected chi connectivity index (χ0v) is 22.6. The van der Waals surface area contributed by atoms with Crippen LogP contribution in [-0.4, -0.2) is 72.3 Å². The lowest BCUT2D eigenvalue weighted by molar-refractivity contribution is -0.136. The minimum Gasteiger partial charge on any atom is -0.466 e. The lowest BCUT2D eigenvalue weighted by Gasteiger charge is -2.36. The predicted molar refractivity (Wildman–Crippen MR) is 147 cm³/mol. The molecule has 2 aliphatic rings. The molecule has 0 bridgehead atoms. The highest BCUT2D eigenvalue weighted by Gasteiger charge is 2.34. The summed E-state index contributed by atoms with van der Waals surface area (Å²) in [5.74, 6) is 2.15. The summed E-state index contributed by atoms with van der Waals surface area (Å²) in [6.45, 7) is 2.82. The molecule has 4 rings (SSSR count). The number of carbonyl (C=O) groups is 2. The van der Waals surface area contributed by atoms with Crippen molar-refractivity contribution >= 4 is 29.3 Å². The van der Waals surface area contributed by atoms with Crippen LogP contribution < -0.4 is 5.32 Å². The summed E-state index contributed by atoms with van der Waals surface area (Å²) in [5, 5.41) is 3.45. The van der Waals surface area contributed by atoms with E-state index < -0.39 is 17.8 Å². The number of amides is 1. The largest absolute Gasteiger partial charge is 0.466 e. The van der Waals surface area contributed by atoms with Crippen LogP contribution in [0.15, 0.2) is 58.9 Å². The Morgan fingerprint density at radius 2 is 2.00 bits per heavy atom. The summed E-state index contributed by atoms with van der Waals surface area (Å²) in [5.41, 5.74) is 1.95. The number of esters is 1. The van der Waals surface area contributed by atoms with Crippen LogP contribution in [-0.2, 0) is 14.3 Å². The Morgan fingerprint density at radius 1 is 1.21 bits per heavy atom. The van der Waals surface area contributed by atoms with E-state index in [9.17, 15) is 14.0 Å². The number of methoxy groups -OCH3 is 1. The highest BCUT2D eigenvalue weighted by atomic mass is 35.5. The fourth-order valence-corrected chi connectivity index (χ4v) is 4.96. The number of halogens is 2. The average Bonchev–Trinajstić information content (AvgIpc) is 2.95. The average molecular weight is 552 g/mol. The van der Waals surface area contributed by atoms with Crippen LogP contribution >= 0.6 is 11.6 Å².